The summed E-state index contributed by atoms with van der Waals surface area (Å²) in [6.07, 6.45) is 7.31. The lowest BCUT2D eigenvalue weighted by Gasteiger charge is -2.37. The van der Waals surface area contributed by atoms with Crippen molar-refractivity contribution in [2.75, 3.05) is 26.2 Å². The Bertz CT molecular complexity index is 464. The molecule has 0 unspecified atom stereocenters. The van der Waals surface area contributed by atoms with Crippen LogP contribution in [-0.2, 0) is 4.79 Å². The quantitative estimate of drug-likeness (QED) is 0.550. The number of rotatable bonds is 8. The average Bonchev–Trinajstić information content (AvgIpc) is 2.78. The fraction of sp³-hybridized carbons (Fsp3) is 0.824. The fourth-order valence-electron chi connectivity index (χ4n) is 3.45. The Labute approximate surface area is 138 Å². The molecule has 0 aliphatic carbocycles. The van der Waals surface area contributed by atoms with Crippen molar-refractivity contribution >= 4 is 11.9 Å². The lowest BCUT2D eigenvalue weighted by molar-refractivity contribution is -0.133. The molecule has 0 saturated carbocycles. The molecule has 2 rings (SSSR count). The molecule has 23 heavy (non-hydrogen) atoms. The maximum absolute atomic E-state index is 12.6. The predicted octanol–water partition coefficient (Wildman–Crippen LogP) is 2.26. The zero-order valence-corrected chi connectivity index (χ0v) is 14.1. The summed E-state index contributed by atoms with van der Waals surface area (Å²) in [6.45, 7) is 5.38. The van der Waals surface area contributed by atoms with E-state index >= 15 is 0 Å². The third-order valence-electron chi connectivity index (χ3n) is 4.95. The number of imide groups is 1. The molecule has 2 fully saturated rings. The van der Waals surface area contributed by atoms with Crippen LogP contribution >= 0.6 is 0 Å². The van der Waals surface area contributed by atoms with Gasteiger partial charge in [-0.1, -0.05) is 26.2 Å². The minimum Gasteiger partial charge on any atom is -0.323 e. The number of unbranched alkanes of at least 4 members (excludes halogenated alkanes) is 4. The van der Waals surface area contributed by atoms with Gasteiger partial charge in [0.2, 0.25) is 0 Å². The van der Waals surface area contributed by atoms with Gasteiger partial charge >= 0.3 is 6.03 Å². The summed E-state index contributed by atoms with van der Waals surface area (Å²) in [5.74, 6) is -0.0916. The molecule has 1 N–H and O–H groups in total. The van der Waals surface area contributed by atoms with Crippen molar-refractivity contribution in [3.05, 3.63) is 0 Å². The van der Waals surface area contributed by atoms with Crippen LogP contribution in [0, 0.1) is 11.3 Å². The van der Waals surface area contributed by atoms with Gasteiger partial charge in [-0.2, -0.15) is 5.26 Å². The molecule has 2 saturated heterocycles. The van der Waals surface area contributed by atoms with Gasteiger partial charge in [0.1, 0.15) is 5.54 Å². The first kappa shape index (κ1) is 17.7. The maximum Gasteiger partial charge on any atom is 0.325 e. The minimum atomic E-state index is -0.691. The van der Waals surface area contributed by atoms with Crippen LogP contribution in [0.2, 0.25) is 0 Å². The Morgan fingerprint density at radius 1 is 1.13 bits per heavy atom. The monoisotopic (exact) mass is 320 g/mol. The molecule has 6 heteroatoms. The zero-order valence-electron chi connectivity index (χ0n) is 14.1. The highest BCUT2D eigenvalue weighted by molar-refractivity contribution is 6.07. The summed E-state index contributed by atoms with van der Waals surface area (Å²) in [5, 5.41) is 11.5. The van der Waals surface area contributed by atoms with Gasteiger partial charge in [0.05, 0.1) is 6.07 Å². The molecular formula is C17H28N4O2. The SMILES string of the molecule is CCCCCCN1CCC2(CC1)NC(=O)N(CCCC#N)C2=O. The van der Waals surface area contributed by atoms with Crippen molar-refractivity contribution in [1.82, 2.24) is 15.1 Å². The molecule has 1 spiro atoms. The van der Waals surface area contributed by atoms with Crippen LogP contribution < -0.4 is 5.32 Å². The molecule has 0 aromatic rings. The highest BCUT2D eigenvalue weighted by atomic mass is 16.2. The molecular weight excluding hydrogens is 292 g/mol. The minimum absolute atomic E-state index is 0.0916. The second-order valence-electron chi connectivity index (χ2n) is 6.63. The highest BCUT2D eigenvalue weighted by Crippen LogP contribution is 2.29. The van der Waals surface area contributed by atoms with Crippen LogP contribution in [0.15, 0.2) is 0 Å². The van der Waals surface area contributed by atoms with Gasteiger partial charge in [-0.3, -0.25) is 9.69 Å². The summed E-state index contributed by atoms with van der Waals surface area (Å²) >= 11 is 0. The summed E-state index contributed by atoms with van der Waals surface area (Å²) < 4.78 is 0. The standard InChI is InChI=1S/C17H28N4O2/c1-2-3-4-6-11-20-13-8-17(9-14-20)15(22)21(16(23)19-17)12-7-5-10-18/h2-9,11-14H2,1H3,(H,19,23). The molecule has 2 aliphatic rings. The fourth-order valence-corrected chi connectivity index (χ4v) is 3.45. The lowest BCUT2D eigenvalue weighted by Crippen LogP contribution is -2.55. The Balaban J connectivity index is 1.82. The van der Waals surface area contributed by atoms with Gasteiger partial charge in [-0.25, -0.2) is 4.79 Å². The van der Waals surface area contributed by atoms with E-state index in [0.29, 0.717) is 32.2 Å². The van der Waals surface area contributed by atoms with Crippen molar-refractivity contribution in [3.8, 4) is 6.07 Å². The number of nitrogens with one attached hydrogen (secondary N) is 1. The van der Waals surface area contributed by atoms with Crippen LogP contribution in [0.25, 0.3) is 0 Å². The van der Waals surface area contributed by atoms with E-state index in [1.807, 2.05) is 0 Å². The summed E-state index contributed by atoms with van der Waals surface area (Å²) in [4.78, 5) is 28.4. The molecule has 3 amide bonds. The van der Waals surface area contributed by atoms with Crippen LogP contribution in [0.3, 0.4) is 0 Å². The van der Waals surface area contributed by atoms with Gasteiger partial charge < -0.3 is 10.2 Å². The number of likely N-dealkylation sites (tertiary alicyclic amines) is 1. The van der Waals surface area contributed by atoms with E-state index < -0.39 is 5.54 Å². The predicted molar refractivity (Wildman–Crippen MR) is 87.6 cm³/mol. The van der Waals surface area contributed by atoms with E-state index in [2.05, 4.69) is 23.2 Å². The van der Waals surface area contributed by atoms with E-state index in [9.17, 15) is 9.59 Å². The molecule has 6 nitrogen and oxygen atoms in total. The van der Waals surface area contributed by atoms with Crippen LogP contribution in [0.1, 0.15) is 58.3 Å². The molecule has 0 atom stereocenters. The first-order valence-corrected chi connectivity index (χ1v) is 8.86. The second kappa shape index (κ2) is 8.30. The third kappa shape index (κ3) is 4.23. The summed E-state index contributed by atoms with van der Waals surface area (Å²) in [6, 6.07) is 1.76. The van der Waals surface area contributed by atoms with E-state index in [0.717, 1.165) is 19.6 Å². The number of piperidine rings is 1. The Morgan fingerprint density at radius 2 is 1.87 bits per heavy atom. The molecule has 2 heterocycles. The number of hydrogen-bond donors (Lipinski definition) is 1. The topological polar surface area (TPSA) is 76.4 Å². The molecule has 128 valence electrons. The Morgan fingerprint density at radius 3 is 2.52 bits per heavy atom. The summed E-state index contributed by atoms with van der Waals surface area (Å²) in [7, 11) is 0. The number of hydrogen-bond acceptors (Lipinski definition) is 4. The third-order valence-corrected chi connectivity index (χ3v) is 4.95. The van der Waals surface area contributed by atoms with Gasteiger partial charge in [0.25, 0.3) is 5.91 Å². The number of carbonyl (C=O) groups is 2. The van der Waals surface area contributed by atoms with Gasteiger partial charge in [0.15, 0.2) is 0 Å². The zero-order chi connectivity index (χ0) is 16.7. The second-order valence-corrected chi connectivity index (χ2v) is 6.63. The number of urea groups is 1. The first-order valence-electron chi connectivity index (χ1n) is 8.86. The molecule has 0 aromatic carbocycles. The molecule has 0 aromatic heterocycles. The van der Waals surface area contributed by atoms with Crippen molar-refractivity contribution in [1.29, 1.82) is 5.26 Å². The lowest BCUT2D eigenvalue weighted by atomic mass is 9.87. The van der Waals surface area contributed by atoms with Crippen molar-refractivity contribution < 1.29 is 9.59 Å². The number of carbonyl (C=O) groups excluding carboxylic acids is 2. The van der Waals surface area contributed by atoms with E-state index in [-0.39, 0.29) is 11.9 Å². The highest BCUT2D eigenvalue weighted by Gasteiger charge is 2.51. The summed E-state index contributed by atoms with van der Waals surface area (Å²) in [5.41, 5.74) is -0.691. The van der Waals surface area contributed by atoms with Crippen molar-refractivity contribution in [2.45, 2.75) is 63.8 Å². The number of nitrogens with zero attached hydrogens (tertiary/aromatic N) is 3. The molecule has 0 radical (unpaired) electrons. The Kier molecular flexibility index (Phi) is 6.40. The van der Waals surface area contributed by atoms with Crippen molar-refractivity contribution in [3.63, 3.8) is 0 Å². The van der Waals surface area contributed by atoms with Crippen LogP contribution in [0.5, 0.6) is 0 Å². The number of amides is 3. The van der Waals surface area contributed by atoms with Crippen LogP contribution in [0.4, 0.5) is 4.79 Å². The van der Waals surface area contributed by atoms with Crippen molar-refractivity contribution in [2.24, 2.45) is 0 Å². The molecule has 2 aliphatic heterocycles. The Hall–Kier alpha value is -1.61. The maximum atomic E-state index is 12.6. The van der Waals surface area contributed by atoms with Gasteiger partial charge in [-0.05, 0) is 32.2 Å². The van der Waals surface area contributed by atoms with Crippen LogP contribution in [-0.4, -0.2) is 53.5 Å². The van der Waals surface area contributed by atoms with E-state index in [1.54, 1.807) is 0 Å². The van der Waals surface area contributed by atoms with Gasteiger partial charge in [0, 0.05) is 26.1 Å². The van der Waals surface area contributed by atoms with E-state index in [1.165, 1.54) is 30.6 Å². The largest absolute Gasteiger partial charge is 0.325 e. The van der Waals surface area contributed by atoms with Gasteiger partial charge in [-0.15, -0.1) is 0 Å². The van der Waals surface area contributed by atoms with E-state index in [4.69, 9.17) is 5.26 Å². The normalized spacial score (nSPS) is 20.8. The smallest absolute Gasteiger partial charge is 0.323 e. The average molecular weight is 320 g/mol. The first-order chi connectivity index (χ1) is 11.1. The molecule has 0 bridgehead atoms. The number of nitriles is 1.